The van der Waals surface area contributed by atoms with Crippen LogP contribution in [0.15, 0.2) is 42.7 Å². The van der Waals surface area contributed by atoms with E-state index in [0.717, 1.165) is 34.5 Å². The van der Waals surface area contributed by atoms with Gasteiger partial charge in [0, 0.05) is 24.0 Å². The summed E-state index contributed by atoms with van der Waals surface area (Å²) in [5, 5.41) is 3.00. The Labute approximate surface area is 127 Å². The van der Waals surface area contributed by atoms with Crippen LogP contribution in [0, 0.1) is 12.8 Å². The van der Waals surface area contributed by atoms with Crippen molar-refractivity contribution in [1.82, 2.24) is 15.0 Å². The van der Waals surface area contributed by atoms with Gasteiger partial charge < -0.3 is 10.3 Å². The Kier molecular flexibility index (Phi) is 2.92. The molecule has 2 heterocycles. The van der Waals surface area contributed by atoms with Crippen LogP contribution in [0.5, 0.6) is 0 Å². The van der Waals surface area contributed by atoms with Crippen LogP contribution in [0.3, 0.4) is 0 Å². The third-order valence-electron chi connectivity index (χ3n) is 4.11. The summed E-state index contributed by atoms with van der Waals surface area (Å²) >= 11 is 0. The average molecular weight is 292 g/mol. The number of amides is 1. The van der Waals surface area contributed by atoms with E-state index in [1.54, 1.807) is 6.20 Å². The molecule has 1 amide bonds. The lowest BCUT2D eigenvalue weighted by Gasteiger charge is -2.05. The number of nitrogens with one attached hydrogen (secondary N) is 2. The van der Waals surface area contributed by atoms with E-state index in [4.69, 9.17) is 0 Å². The summed E-state index contributed by atoms with van der Waals surface area (Å²) in [7, 11) is 0. The van der Waals surface area contributed by atoms with Crippen LogP contribution >= 0.6 is 0 Å². The minimum Gasteiger partial charge on any atom is -0.342 e. The first kappa shape index (κ1) is 13.0. The molecule has 5 nitrogen and oxygen atoms in total. The smallest absolute Gasteiger partial charge is 0.228 e. The predicted molar refractivity (Wildman–Crippen MR) is 84.5 cm³/mol. The normalized spacial score (nSPS) is 20.0. The third-order valence-corrected chi connectivity index (χ3v) is 4.11. The number of anilines is 1. The molecule has 0 aliphatic heterocycles. The average Bonchev–Trinajstić information content (AvgIpc) is 3.24. The SMILES string of the molecule is Cc1nc2ccc(NC(=O)[C@H]3C[C@@H]3c3cccnc3)cc2[nH]1. The topological polar surface area (TPSA) is 70.7 Å². The van der Waals surface area contributed by atoms with E-state index in [2.05, 4.69) is 20.3 Å². The fraction of sp³-hybridized carbons (Fsp3) is 0.235. The molecule has 4 rings (SSSR count). The summed E-state index contributed by atoms with van der Waals surface area (Å²) in [6.07, 6.45) is 4.49. The van der Waals surface area contributed by atoms with Crippen molar-refractivity contribution in [1.29, 1.82) is 0 Å². The van der Waals surface area contributed by atoms with Gasteiger partial charge in [0.25, 0.3) is 0 Å². The third kappa shape index (κ3) is 2.35. The number of imidazole rings is 1. The first-order chi connectivity index (χ1) is 10.7. The van der Waals surface area contributed by atoms with E-state index in [-0.39, 0.29) is 11.8 Å². The summed E-state index contributed by atoms with van der Waals surface area (Å²) in [5.41, 5.74) is 3.80. The van der Waals surface area contributed by atoms with Crippen LogP contribution in [0.4, 0.5) is 5.69 Å². The number of aromatic nitrogens is 3. The Morgan fingerprint density at radius 2 is 2.27 bits per heavy atom. The van der Waals surface area contributed by atoms with Gasteiger partial charge in [-0.1, -0.05) is 6.07 Å². The molecule has 110 valence electrons. The highest BCUT2D eigenvalue weighted by atomic mass is 16.2. The van der Waals surface area contributed by atoms with E-state index in [1.165, 1.54) is 0 Å². The Balaban J connectivity index is 1.47. The number of carbonyl (C=O) groups excluding carboxylic acids is 1. The molecule has 1 aliphatic carbocycles. The van der Waals surface area contributed by atoms with Crippen LogP contribution < -0.4 is 5.32 Å². The highest BCUT2D eigenvalue weighted by Gasteiger charge is 2.44. The van der Waals surface area contributed by atoms with Crippen LogP contribution in [0.1, 0.15) is 23.7 Å². The zero-order valence-electron chi connectivity index (χ0n) is 12.2. The van der Waals surface area contributed by atoms with Gasteiger partial charge in [-0.15, -0.1) is 0 Å². The van der Waals surface area contributed by atoms with Gasteiger partial charge in [-0.3, -0.25) is 9.78 Å². The van der Waals surface area contributed by atoms with Gasteiger partial charge in [0.15, 0.2) is 0 Å². The quantitative estimate of drug-likeness (QED) is 0.779. The molecule has 22 heavy (non-hydrogen) atoms. The van der Waals surface area contributed by atoms with E-state index in [1.807, 2.05) is 43.5 Å². The van der Waals surface area contributed by atoms with E-state index < -0.39 is 0 Å². The Morgan fingerprint density at radius 3 is 3.09 bits per heavy atom. The number of H-pyrrole nitrogens is 1. The Bertz CT molecular complexity index is 840. The summed E-state index contributed by atoms with van der Waals surface area (Å²) < 4.78 is 0. The molecule has 1 saturated carbocycles. The second kappa shape index (κ2) is 4.94. The molecular weight excluding hydrogens is 276 g/mol. The first-order valence-electron chi connectivity index (χ1n) is 7.38. The number of benzene rings is 1. The van der Waals surface area contributed by atoms with Crippen molar-refractivity contribution >= 4 is 22.6 Å². The van der Waals surface area contributed by atoms with Gasteiger partial charge in [-0.05, 0) is 49.1 Å². The molecule has 1 fully saturated rings. The monoisotopic (exact) mass is 292 g/mol. The number of pyridine rings is 1. The summed E-state index contributed by atoms with van der Waals surface area (Å²) in [5.74, 6) is 1.29. The van der Waals surface area contributed by atoms with Crippen LogP contribution in [-0.4, -0.2) is 20.9 Å². The van der Waals surface area contributed by atoms with Crippen molar-refractivity contribution in [2.24, 2.45) is 5.92 Å². The number of carbonyl (C=O) groups is 1. The second-order valence-electron chi connectivity index (χ2n) is 5.78. The van der Waals surface area contributed by atoms with E-state index in [9.17, 15) is 4.79 Å². The number of fused-ring (bicyclic) bond motifs is 1. The molecule has 0 spiro atoms. The first-order valence-corrected chi connectivity index (χ1v) is 7.38. The standard InChI is InChI=1S/C17H16N4O/c1-10-19-15-5-4-12(7-16(15)20-10)21-17(22)14-8-13(14)11-3-2-6-18-9-11/h2-7,9,13-14H,8H2,1H3,(H,19,20)(H,21,22)/t13-,14+/m1/s1. The second-order valence-corrected chi connectivity index (χ2v) is 5.78. The zero-order valence-corrected chi connectivity index (χ0v) is 12.2. The molecule has 1 aromatic carbocycles. The van der Waals surface area contributed by atoms with Crippen LogP contribution in [-0.2, 0) is 4.79 Å². The van der Waals surface area contributed by atoms with Crippen LogP contribution in [0.25, 0.3) is 11.0 Å². The lowest BCUT2D eigenvalue weighted by atomic mass is 10.1. The Morgan fingerprint density at radius 1 is 1.36 bits per heavy atom. The lowest BCUT2D eigenvalue weighted by Crippen LogP contribution is -2.14. The maximum atomic E-state index is 12.3. The number of nitrogens with zero attached hydrogens (tertiary/aromatic N) is 2. The number of hydrogen-bond acceptors (Lipinski definition) is 3. The molecule has 0 radical (unpaired) electrons. The van der Waals surface area contributed by atoms with Gasteiger partial charge in [0.1, 0.15) is 5.82 Å². The maximum Gasteiger partial charge on any atom is 0.228 e. The van der Waals surface area contributed by atoms with Crippen molar-refractivity contribution in [3.05, 3.63) is 54.1 Å². The van der Waals surface area contributed by atoms with E-state index in [0.29, 0.717) is 5.92 Å². The molecule has 5 heteroatoms. The van der Waals surface area contributed by atoms with Gasteiger partial charge in [-0.25, -0.2) is 4.98 Å². The lowest BCUT2D eigenvalue weighted by molar-refractivity contribution is -0.117. The maximum absolute atomic E-state index is 12.3. The fourth-order valence-corrected chi connectivity index (χ4v) is 2.90. The fourth-order valence-electron chi connectivity index (χ4n) is 2.90. The van der Waals surface area contributed by atoms with Gasteiger partial charge in [-0.2, -0.15) is 0 Å². The molecule has 0 saturated heterocycles. The van der Waals surface area contributed by atoms with Crippen molar-refractivity contribution in [3.8, 4) is 0 Å². The number of aryl methyl sites for hydroxylation is 1. The minimum absolute atomic E-state index is 0.0448. The van der Waals surface area contributed by atoms with Crippen molar-refractivity contribution in [3.63, 3.8) is 0 Å². The molecule has 2 atom stereocenters. The molecular formula is C17H16N4O. The number of hydrogen-bond donors (Lipinski definition) is 2. The van der Waals surface area contributed by atoms with Gasteiger partial charge >= 0.3 is 0 Å². The van der Waals surface area contributed by atoms with Crippen molar-refractivity contribution in [2.75, 3.05) is 5.32 Å². The molecule has 2 N–H and O–H groups in total. The van der Waals surface area contributed by atoms with Gasteiger partial charge in [0.2, 0.25) is 5.91 Å². The van der Waals surface area contributed by atoms with Crippen LogP contribution in [0.2, 0.25) is 0 Å². The Hall–Kier alpha value is -2.69. The van der Waals surface area contributed by atoms with Crippen molar-refractivity contribution < 1.29 is 4.79 Å². The summed E-state index contributed by atoms with van der Waals surface area (Å²) in [4.78, 5) is 24.0. The highest BCUT2D eigenvalue weighted by Crippen LogP contribution is 2.47. The highest BCUT2D eigenvalue weighted by molar-refractivity contribution is 5.96. The summed E-state index contributed by atoms with van der Waals surface area (Å²) in [6, 6.07) is 9.68. The molecule has 0 unspecified atom stereocenters. The molecule has 0 bridgehead atoms. The zero-order chi connectivity index (χ0) is 15.1. The molecule has 2 aromatic heterocycles. The molecule has 1 aliphatic rings. The van der Waals surface area contributed by atoms with E-state index >= 15 is 0 Å². The minimum atomic E-state index is 0.0448. The van der Waals surface area contributed by atoms with Gasteiger partial charge in [0.05, 0.1) is 11.0 Å². The largest absolute Gasteiger partial charge is 0.342 e. The number of aromatic amines is 1. The molecule has 3 aromatic rings. The predicted octanol–water partition coefficient (Wildman–Crippen LogP) is 3.01. The number of rotatable bonds is 3. The summed E-state index contributed by atoms with van der Waals surface area (Å²) in [6.45, 7) is 1.92. The van der Waals surface area contributed by atoms with Crippen molar-refractivity contribution in [2.45, 2.75) is 19.3 Å².